The molecule has 1 heterocycles. The molecule has 2 heteroatoms. The Morgan fingerprint density at radius 1 is 0.762 bits per heavy atom. The fraction of sp³-hybridized carbons (Fsp3) is 0.526. The predicted octanol–water partition coefficient (Wildman–Crippen LogP) is 6.68. The summed E-state index contributed by atoms with van der Waals surface area (Å²) in [5.74, 6) is 0. The van der Waals surface area contributed by atoms with Crippen LogP contribution in [-0.4, -0.2) is 0 Å². The number of hydrogen-bond acceptors (Lipinski definition) is 2. The van der Waals surface area contributed by atoms with E-state index in [0.717, 1.165) is 5.39 Å². The van der Waals surface area contributed by atoms with Gasteiger partial charge in [0.15, 0.2) is 0 Å². The van der Waals surface area contributed by atoms with E-state index in [1.165, 1.54) is 18.9 Å². The summed E-state index contributed by atoms with van der Waals surface area (Å²) < 4.78 is 4.91. The Hall–Kier alpha value is -1.57. The molecule has 0 aliphatic carbocycles. The highest BCUT2D eigenvalue weighted by Crippen LogP contribution is 2.08. The third kappa shape index (κ3) is 13.2. The van der Waals surface area contributed by atoms with Gasteiger partial charge in [-0.2, -0.15) is 0 Å². The van der Waals surface area contributed by atoms with Gasteiger partial charge in [-0.05, 0) is 12.1 Å². The van der Waals surface area contributed by atoms with Gasteiger partial charge in [0.2, 0.25) is 0 Å². The standard InChI is InChI=1S/C9H6O2.C4H10.3C2H6/c10-9-6-5-7-3-1-2-4-8(7)11-9;1-3-4-2;3*1-2/h1-6H;3-4H2,1-2H3;3*1-2H3. The largest absolute Gasteiger partial charge is 0.423 e. The fourth-order valence-electron chi connectivity index (χ4n) is 1.01. The molecule has 122 valence electrons. The van der Waals surface area contributed by atoms with E-state index in [0.29, 0.717) is 5.58 Å². The van der Waals surface area contributed by atoms with Gasteiger partial charge in [0.1, 0.15) is 5.58 Å². The van der Waals surface area contributed by atoms with E-state index >= 15 is 0 Å². The Morgan fingerprint density at radius 2 is 1.24 bits per heavy atom. The van der Waals surface area contributed by atoms with Crippen molar-refractivity contribution >= 4 is 11.0 Å². The van der Waals surface area contributed by atoms with E-state index < -0.39 is 0 Å². The van der Waals surface area contributed by atoms with Crippen LogP contribution in [0, 0.1) is 0 Å². The minimum absolute atomic E-state index is 0.302. The normalized spacial score (nSPS) is 7.62. The molecule has 2 nitrogen and oxygen atoms in total. The third-order valence-electron chi connectivity index (χ3n) is 2.03. The van der Waals surface area contributed by atoms with Crippen molar-refractivity contribution in [2.75, 3.05) is 0 Å². The minimum Gasteiger partial charge on any atom is -0.423 e. The van der Waals surface area contributed by atoms with E-state index in [1.54, 1.807) is 12.1 Å². The summed E-state index contributed by atoms with van der Waals surface area (Å²) in [6, 6.07) is 10.6. The second-order valence-electron chi connectivity index (χ2n) is 3.29. The summed E-state index contributed by atoms with van der Waals surface area (Å²) in [4.78, 5) is 10.7. The summed E-state index contributed by atoms with van der Waals surface area (Å²) in [5.41, 5.74) is 0.337. The molecule has 1 aromatic heterocycles. The summed E-state index contributed by atoms with van der Waals surface area (Å²) >= 11 is 0. The molecule has 0 bridgehead atoms. The van der Waals surface area contributed by atoms with Crippen LogP contribution in [0.25, 0.3) is 11.0 Å². The average molecular weight is 294 g/mol. The molecule has 0 spiro atoms. The van der Waals surface area contributed by atoms with Gasteiger partial charge in [0.25, 0.3) is 0 Å². The van der Waals surface area contributed by atoms with Crippen molar-refractivity contribution in [1.29, 1.82) is 0 Å². The highest BCUT2D eigenvalue weighted by Gasteiger charge is 1.92. The van der Waals surface area contributed by atoms with Crippen molar-refractivity contribution in [3.8, 4) is 0 Å². The third-order valence-corrected chi connectivity index (χ3v) is 2.03. The molecule has 0 N–H and O–H groups in total. The van der Waals surface area contributed by atoms with Gasteiger partial charge in [-0.1, -0.05) is 86.4 Å². The van der Waals surface area contributed by atoms with Crippen LogP contribution in [0.4, 0.5) is 0 Å². The van der Waals surface area contributed by atoms with E-state index in [2.05, 4.69) is 13.8 Å². The quantitative estimate of drug-likeness (QED) is 0.549. The van der Waals surface area contributed by atoms with Crippen molar-refractivity contribution in [3.63, 3.8) is 0 Å². The van der Waals surface area contributed by atoms with Gasteiger partial charge in [0, 0.05) is 11.5 Å². The van der Waals surface area contributed by atoms with Crippen LogP contribution in [0.5, 0.6) is 0 Å². The second-order valence-corrected chi connectivity index (χ2v) is 3.29. The van der Waals surface area contributed by atoms with Crippen LogP contribution in [0.1, 0.15) is 68.2 Å². The monoisotopic (exact) mass is 294 g/mol. The lowest BCUT2D eigenvalue weighted by molar-refractivity contribution is 0.561. The lowest BCUT2D eigenvalue weighted by Crippen LogP contribution is -1.93. The SMILES string of the molecule is CC.CC.CC.CCCC.O=c1ccc2ccccc2o1. The molecule has 2 aromatic rings. The van der Waals surface area contributed by atoms with Crippen molar-refractivity contribution in [2.24, 2.45) is 0 Å². The Labute approximate surface area is 131 Å². The molecule has 0 radical (unpaired) electrons. The molecular formula is C19H34O2. The highest BCUT2D eigenvalue weighted by molar-refractivity contribution is 5.75. The Balaban J connectivity index is -0.000000276. The van der Waals surface area contributed by atoms with Crippen molar-refractivity contribution < 1.29 is 4.42 Å². The zero-order valence-corrected chi connectivity index (χ0v) is 15.2. The van der Waals surface area contributed by atoms with Crippen LogP contribution in [0.15, 0.2) is 45.6 Å². The molecule has 0 fully saturated rings. The molecule has 0 atom stereocenters. The van der Waals surface area contributed by atoms with Gasteiger partial charge in [-0.3, -0.25) is 0 Å². The Morgan fingerprint density at radius 3 is 1.71 bits per heavy atom. The topological polar surface area (TPSA) is 30.2 Å². The first kappa shape index (κ1) is 24.4. The molecule has 0 aliphatic rings. The van der Waals surface area contributed by atoms with E-state index in [1.807, 2.05) is 59.7 Å². The zero-order valence-electron chi connectivity index (χ0n) is 15.2. The van der Waals surface area contributed by atoms with Crippen LogP contribution in [0.3, 0.4) is 0 Å². The van der Waals surface area contributed by atoms with Gasteiger partial charge in [-0.15, -0.1) is 0 Å². The highest BCUT2D eigenvalue weighted by atomic mass is 16.4. The molecule has 21 heavy (non-hydrogen) atoms. The molecule has 0 aliphatic heterocycles. The first-order chi connectivity index (χ1) is 10.3. The molecule has 0 unspecified atom stereocenters. The number of fused-ring (bicyclic) bond motifs is 1. The predicted molar refractivity (Wildman–Crippen MR) is 97.1 cm³/mol. The van der Waals surface area contributed by atoms with Gasteiger partial charge in [-0.25, -0.2) is 4.79 Å². The van der Waals surface area contributed by atoms with Crippen LogP contribution in [-0.2, 0) is 0 Å². The first-order valence-electron chi connectivity index (χ1n) is 8.26. The Kier molecular flexibility index (Phi) is 24.1. The maximum Gasteiger partial charge on any atom is 0.336 e. The van der Waals surface area contributed by atoms with Crippen molar-refractivity contribution in [2.45, 2.75) is 68.2 Å². The van der Waals surface area contributed by atoms with Crippen molar-refractivity contribution in [1.82, 2.24) is 0 Å². The van der Waals surface area contributed by atoms with E-state index in [9.17, 15) is 4.79 Å². The van der Waals surface area contributed by atoms with Crippen LogP contribution < -0.4 is 5.63 Å². The fourth-order valence-corrected chi connectivity index (χ4v) is 1.01. The molecule has 2 rings (SSSR count). The maximum absolute atomic E-state index is 10.7. The maximum atomic E-state index is 10.7. The Bertz CT molecular complexity index is 456. The van der Waals surface area contributed by atoms with Gasteiger partial charge >= 0.3 is 5.63 Å². The smallest absolute Gasteiger partial charge is 0.336 e. The summed E-state index contributed by atoms with van der Waals surface area (Å²) in [6.07, 6.45) is 2.64. The summed E-state index contributed by atoms with van der Waals surface area (Å²) in [5, 5.41) is 0.951. The van der Waals surface area contributed by atoms with Crippen molar-refractivity contribution in [3.05, 3.63) is 46.8 Å². The second kappa shape index (κ2) is 20.7. The first-order valence-corrected chi connectivity index (χ1v) is 8.26. The number of hydrogen-bond donors (Lipinski definition) is 0. The summed E-state index contributed by atoms with van der Waals surface area (Å²) in [6.45, 7) is 16.4. The molecular weight excluding hydrogens is 260 g/mol. The van der Waals surface area contributed by atoms with E-state index in [-0.39, 0.29) is 5.63 Å². The summed E-state index contributed by atoms with van der Waals surface area (Å²) in [7, 11) is 0. The van der Waals surface area contributed by atoms with Crippen LogP contribution in [0.2, 0.25) is 0 Å². The molecule has 0 saturated heterocycles. The molecule has 0 saturated carbocycles. The van der Waals surface area contributed by atoms with Crippen LogP contribution >= 0.6 is 0 Å². The van der Waals surface area contributed by atoms with Gasteiger partial charge in [0.05, 0.1) is 0 Å². The van der Waals surface area contributed by atoms with Gasteiger partial charge < -0.3 is 4.42 Å². The lowest BCUT2D eigenvalue weighted by Gasteiger charge is -1.91. The van der Waals surface area contributed by atoms with E-state index in [4.69, 9.17) is 4.42 Å². The molecule has 1 aromatic carbocycles. The number of unbranched alkanes of at least 4 members (excludes halogenated alkanes) is 1. The molecule has 0 amide bonds. The number of benzene rings is 1. The number of rotatable bonds is 1. The lowest BCUT2D eigenvalue weighted by atomic mass is 10.2. The zero-order chi connectivity index (χ0) is 17.1. The average Bonchev–Trinajstić information content (AvgIpc) is 2.60. The number of para-hydroxylation sites is 1. The minimum atomic E-state index is -0.302.